The molecule has 0 aliphatic carbocycles. The highest BCUT2D eigenvalue weighted by atomic mass is 16.5. The third-order valence-corrected chi connectivity index (χ3v) is 3.31. The number of ether oxygens (including phenoxy) is 1. The monoisotopic (exact) mass is 275 g/mol. The highest BCUT2D eigenvalue weighted by Gasteiger charge is 2.02. The van der Waals surface area contributed by atoms with Crippen molar-refractivity contribution in [2.24, 2.45) is 0 Å². The quantitative estimate of drug-likeness (QED) is 0.677. The highest BCUT2D eigenvalue weighted by molar-refractivity contribution is 5.41. The molecule has 0 spiro atoms. The number of aryl methyl sites for hydroxylation is 2. The molecule has 0 aliphatic rings. The van der Waals surface area contributed by atoms with Gasteiger partial charge in [0.15, 0.2) is 11.5 Å². The number of aromatic amines is 1. The Labute approximate surface area is 119 Å². The van der Waals surface area contributed by atoms with E-state index in [1.165, 1.54) is 5.56 Å². The second kappa shape index (κ2) is 6.96. The predicted molar refractivity (Wildman–Crippen MR) is 78.0 cm³/mol. The van der Waals surface area contributed by atoms with E-state index in [9.17, 15) is 5.11 Å². The summed E-state index contributed by atoms with van der Waals surface area (Å²) in [5.41, 5.74) is 3.46. The Hall–Kier alpha value is -2.01. The van der Waals surface area contributed by atoms with Crippen LogP contribution in [0.1, 0.15) is 23.2 Å². The van der Waals surface area contributed by atoms with Crippen LogP contribution in [0.25, 0.3) is 0 Å². The van der Waals surface area contributed by atoms with Gasteiger partial charge in [-0.25, -0.2) is 0 Å². The fourth-order valence-corrected chi connectivity index (χ4v) is 2.11. The molecule has 0 fully saturated rings. The van der Waals surface area contributed by atoms with E-state index in [1.807, 2.05) is 19.2 Å². The summed E-state index contributed by atoms with van der Waals surface area (Å²) in [6.07, 6.45) is 3.96. The Morgan fingerprint density at radius 1 is 1.40 bits per heavy atom. The van der Waals surface area contributed by atoms with Crippen molar-refractivity contribution in [3.63, 3.8) is 0 Å². The first-order valence-corrected chi connectivity index (χ1v) is 6.76. The number of hydrogen-bond acceptors (Lipinski definition) is 4. The van der Waals surface area contributed by atoms with E-state index in [0.29, 0.717) is 5.75 Å². The molecule has 108 valence electrons. The van der Waals surface area contributed by atoms with E-state index in [2.05, 4.69) is 15.5 Å². The van der Waals surface area contributed by atoms with Gasteiger partial charge in [0.1, 0.15) is 0 Å². The van der Waals surface area contributed by atoms with Crippen LogP contribution in [0.2, 0.25) is 0 Å². The summed E-state index contributed by atoms with van der Waals surface area (Å²) >= 11 is 0. The molecule has 5 heteroatoms. The van der Waals surface area contributed by atoms with Crippen LogP contribution in [-0.2, 0) is 13.0 Å². The average molecular weight is 275 g/mol. The lowest BCUT2D eigenvalue weighted by atomic mass is 10.1. The van der Waals surface area contributed by atoms with E-state index in [1.54, 1.807) is 19.2 Å². The van der Waals surface area contributed by atoms with Gasteiger partial charge >= 0.3 is 0 Å². The van der Waals surface area contributed by atoms with Crippen molar-refractivity contribution in [2.75, 3.05) is 13.7 Å². The first-order valence-electron chi connectivity index (χ1n) is 6.76. The van der Waals surface area contributed by atoms with Crippen LogP contribution in [0, 0.1) is 6.92 Å². The van der Waals surface area contributed by atoms with Crippen LogP contribution in [0.15, 0.2) is 24.4 Å². The van der Waals surface area contributed by atoms with Gasteiger partial charge in [-0.1, -0.05) is 6.07 Å². The van der Waals surface area contributed by atoms with Crippen molar-refractivity contribution in [1.29, 1.82) is 0 Å². The minimum Gasteiger partial charge on any atom is -0.504 e. The minimum absolute atomic E-state index is 0.181. The molecule has 2 aromatic rings. The highest BCUT2D eigenvalue weighted by Crippen LogP contribution is 2.25. The van der Waals surface area contributed by atoms with Gasteiger partial charge in [-0.05, 0) is 49.6 Å². The van der Waals surface area contributed by atoms with Gasteiger partial charge in [-0.3, -0.25) is 5.10 Å². The molecule has 1 aromatic heterocycles. The fraction of sp³-hybridized carbons (Fsp3) is 0.400. The molecule has 1 heterocycles. The van der Waals surface area contributed by atoms with Crippen molar-refractivity contribution in [1.82, 2.24) is 15.5 Å². The largest absolute Gasteiger partial charge is 0.504 e. The second-order valence-electron chi connectivity index (χ2n) is 4.81. The van der Waals surface area contributed by atoms with E-state index < -0.39 is 0 Å². The van der Waals surface area contributed by atoms with Crippen LogP contribution in [0.4, 0.5) is 0 Å². The first kappa shape index (κ1) is 14.4. The molecule has 0 radical (unpaired) electrons. The molecule has 0 bridgehead atoms. The van der Waals surface area contributed by atoms with Crippen LogP contribution >= 0.6 is 0 Å². The Kier molecular flexibility index (Phi) is 5.01. The van der Waals surface area contributed by atoms with Crippen LogP contribution in [0.5, 0.6) is 11.5 Å². The lowest BCUT2D eigenvalue weighted by Crippen LogP contribution is -2.15. The molecule has 0 saturated heterocycles. The number of rotatable bonds is 7. The van der Waals surface area contributed by atoms with Crippen molar-refractivity contribution >= 4 is 0 Å². The SMILES string of the molecule is COc1ccc(CNCCCc2cn[nH]c2C)cc1O. The van der Waals surface area contributed by atoms with Gasteiger partial charge in [0.05, 0.1) is 13.3 Å². The summed E-state index contributed by atoms with van der Waals surface area (Å²) in [5.74, 6) is 0.685. The Balaban J connectivity index is 1.71. The van der Waals surface area contributed by atoms with Crippen molar-refractivity contribution in [3.8, 4) is 11.5 Å². The maximum atomic E-state index is 9.69. The maximum absolute atomic E-state index is 9.69. The van der Waals surface area contributed by atoms with Gasteiger partial charge in [0, 0.05) is 12.2 Å². The average Bonchev–Trinajstić information content (AvgIpc) is 2.84. The zero-order chi connectivity index (χ0) is 14.4. The minimum atomic E-state index is 0.181. The number of nitrogens with zero attached hydrogens (tertiary/aromatic N) is 1. The topological polar surface area (TPSA) is 70.2 Å². The Morgan fingerprint density at radius 3 is 2.90 bits per heavy atom. The third kappa shape index (κ3) is 3.74. The zero-order valence-corrected chi connectivity index (χ0v) is 11.9. The summed E-state index contributed by atoms with van der Waals surface area (Å²) in [4.78, 5) is 0. The molecule has 0 amide bonds. The van der Waals surface area contributed by atoms with Crippen LogP contribution in [0.3, 0.4) is 0 Å². The van der Waals surface area contributed by atoms with Gasteiger partial charge in [-0.15, -0.1) is 0 Å². The molecule has 0 unspecified atom stereocenters. The van der Waals surface area contributed by atoms with E-state index >= 15 is 0 Å². The summed E-state index contributed by atoms with van der Waals surface area (Å²) in [7, 11) is 1.55. The number of H-pyrrole nitrogens is 1. The third-order valence-electron chi connectivity index (χ3n) is 3.31. The number of phenols is 1. The number of methoxy groups -OCH3 is 1. The van der Waals surface area contributed by atoms with E-state index in [-0.39, 0.29) is 5.75 Å². The zero-order valence-electron chi connectivity index (χ0n) is 11.9. The Morgan fingerprint density at radius 2 is 2.25 bits per heavy atom. The van der Waals surface area contributed by atoms with Gasteiger partial charge in [0.25, 0.3) is 0 Å². The van der Waals surface area contributed by atoms with E-state index in [0.717, 1.165) is 37.2 Å². The molecular weight excluding hydrogens is 254 g/mol. The number of nitrogens with one attached hydrogen (secondary N) is 2. The normalized spacial score (nSPS) is 10.7. The number of phenolic OH excluding ortho intramolecular Hbond substituents is 1. The lowest BCUT2D eigenvalue weighted by molar-refractivity contribution is 0.373. The first-order chi connectivity index (χ1) is 9.70. The molecule has 0 atom stereocenters. The van der Waals surface area contributed by atoms with Crippen molar-refractivity contribution in [2.45, 2.75) is 26.3 Å². The van der Waals surface area contributed by atoms with Crippen molar-refractivity contribution < 1.29 is 9.84 Å². The summed E-state index contributed by atoms with van der Waals surface area (Å²) in [5, 5.41) is 20.0. The second-order valence-corrected chi connectivity index (χ2v) is 4.81. The maximum Gasteiger partial charge on any atom is 0.160 e. The van der Waals surface area contributed by atoms with Crippen LogP contribution in [-0.4, -0.2) is 29.0 Å². The predicted octanol–water partition coefficient (Wildman–Crippen LogP) is 2.15. The molecular formula is C15H21N3O2. The smallest absolute Gasteiger partial charge is 0.160 e. The lowest BCUT2D eigenvalue weighted by Gasteiger charge is -2.07. The van der Waals surface area contributed by atoms with Crippen LogP contribution < -0.4 is 10.1 Å². The van der Waals surface area contributed by atoms with Crippen molar-refractivity contribution in [3.05, 3.63) is 41.2 Å². The molecule has 0 saturated carbocycles. The van der Waals surface area contributed by atoms with Gasteiger partial charge in [-0.2, -0.15) is 5.10 Å². The summed E-state index contributed by atoms with van der Waals surface area (Å²) < 4.78 is 5.02. The molecule has 0 aliphatic heterocycles. The van der Waals surface area contributed by atoms with E-state index in [4.69, 9.17) is 4.74 Å². The van der Waals surface area contributed by atoms with Gasteiger partial charge in [0.2, 0.25) is 0 Å². The molecule has 20 heavy (non-hydrogen) atoms. The Bertz CT molecular complexity index is 552. The summed E-state index contributed by atoms with van der Waals surface area (Å²) in [6.45, 7) is 3.70. The number of aromatic nitrogens is 2. The number of hydrogen-bond donors (Lipinski definition) is 3. The molecule has 5 nitrogen and oxygen atoms in total. The summed E-state index contributed by atoms with van der Waals surface area (Å²) in [6, 6.07) is 5.46. The molecule has 3 N–H and O–H groups in total. The van der Waals surface area contributed by atoms with Gasteiger partial charge < -0.3 is 15.2 Å². The molecule has 2 rings (SSSR count). The number of benzene rings is 1. The standard InChI is InChI=1S/C15H21N3O2/c1-11-13(10-17-18-11)4-3-7-16-9-12-5-6-15(20-2)14(19)8-12/h5-6,8,10,16,19H,3-4,7,9H2,1-2H3,(H,17,18). The fourth-order valence-electron chi connectivity index (χ4n) is 2.11. The molecule has 1 aromatic carbocycles. The number of aromatic hydroxyl groups is 1.